The van der Waals surface area contributed by atoms with Crippen LogP contribution in [0.2, 0.25) is 0 Å². The highest BCUT2D eigenvalue weighted by molar-refractivity contribution is 6.10. The maximum absolute atomic E-state index is 13.4. The van der Waals surface area contributed by atoms with Crippen molar-refractivity contribution in [3.05, 3.63) is 59.9 Å². The van der Waals surface area contributed by atoms with Gasteiger partial charge in [-0.05, 0) is 55.9 Å². The van der Waals surface area contributed by atoms with E-state index in [0.29, 0.717) is 5.92 Å². The van der Waals surface area contributed by atoms with Crippen LogP contribution in [0.25, 0.3) is 0 Å². The number of oxime groups is 1. The molecule has 1 aromatic carbocycles. The summed E-state index contributed by atoms with van der Waals surface area (Å²) in [6.07, 6.45) is 6.75. The maximum atomic E-state index is 13.4. The Balaban J connectivity index is 1.51. The van der Waals surface area contributed by atoms with Crippen LogP contribution in [0.3, 0.4) is 0 Å². The van der Waals surface area contributed by atoms with Crippen LogP contribution in [-0.4, -0.2) is 22.2 Å². The first-order chi connectivity index (χ1) is 12.7. The molecule has 0 saturated heterocycles. The Morgan fingerprint density at radius 1 is 1.23 bits per heavy atom. The fourth-order valence-electron chi connectivity index (χ4n) is 5.10. The van der Waals surface area contributed by atoms with Crippen molar-refractivity contribution in [1.82, 2.24) is 4.98 Å². The number of hydrogen-bond donors (Lipinski definition) is 1. The predicted molar refractivity (Wildman–Crippen MR) is 98.7 cm³/mol. The number of nitrogens with zero attached hydrogens (tertiary/aromatic N) is 2. The largest absolute Gasteiger partial charge is 0.378 e. The van der Waals surface area contributed by atoms with E-state index in [4.69, 9.17) is 4.84 Å². The van der Waals surface area contributed by atoms with Crippen molar-refractivity contribution in [2.45, 2.75) is 31.8 Å². The lowest BCUT2D eigenvalue weighted by molar-refractivity contribution is -0.149. The fourth-order valence-corrected chi connectivity index (χ4v) is 5.10. The number of carbonyl (C=O) groups excluding carboxylic acids is 1. The molecule has 0 spiro atoms. The van der Waals surface area contributed by atoms with E-state index in [0.717, 1.165) is 41.8 Å². The Morgan fingerprint density at radius 3 is 2.92 bits per heavy atom. The third kappa shape index (κ3) is 2.06. The number of carbonyl (C=O) groups is 1. The molecular formula is C21H21N3O2. The van der Waals surface area contributed by atoms with Gasteiger partial charge in [-0.25, -0.2) is 0 Å². The second-order valence-corrected chi connectivity index (χ2v) is 7.62. The Hall–Kier alpha value is -2.69. The summed E-state index contributed by atoms with van der Waals surface area (Å²) in [7, 11) is 0. The van der Waals surface area contributed by atoms with E-state index in [1.54, 1.807) is 6.20 Å². The van der Waals surface area contributed by atoms with Crippen molar-refractivity contribution < 1.29 is 9.63 Å². The normalized spacial score (nSPS) is 31.3. The zero-order valence-corrected chi connectivity index (χ0v) is 14.7. The van der Waals surface area contributed by atoms with Crippen LogP contribution in [-0.2, 0) is 9.63 Å². The van der Waals surface area contributed by atoms with E-state index in [9.17, 15) is 4.79 Å². The van der Waals surface area contributed by atoms with Gasteiger partial charge in [-0.2, -0.15) is 0 Å². The van der Waals surface area contributed by atoms with Crippen LogP contribution in [0.4, 0.5) is 5.69 Å². The summed E-state index contributed by atoms with van der Waals surface area (Å²) >= 11 is 0. The molecule has 4 unspecified atom stereocenters. The number of anilines is 1. The van der Waals surface area contributed by atoms with Crippen LogP contribution in [0, 0.1) is 24.7 Å². The minimum absolute atomic E-state index is 0.00877. The Kier molecular flexibility index (Phi) is 3.39. The Labute approximate surface area is 152 Å². The molecule has 1 N–H and O–H groups in total. The molecule has 2 aromatic rings. The van der Waals surface area contributed by atoms with Gasteiger partial charge in [0.1, 0.15) is 0 Å². The average Bonchev–Trinajstić information content (AvgIpc) is 3.36. The van der Waals surface area contributed by atoms with Crippen molar-refractivity contribution in [2.75, 3.05) is 5.32 Å². The van der Waals surface area contributed by atoms with Crippen molar-refractivity contribution in [3.8, 4) is 0 Å². The predicted octanol–water partition coefficient (Wildman–Crippen LogP) is 3.55. The molecule has 2 saturated carbocycles. The van der Waals surface area contributed by atoms with E-state index in [2.05, 4.69) is 15.5 Å². The van der Waals surface area contributed by atoms with Crippen LogP contribution in [0.15, 0.2) is 53.9 Å². The Bertz CT molecular complexity index is 895. The molecule has 5 nitrogen and oxygen atoms in total. The molecule has 2 bridgehead atoms. The summed E-state index contributed by atoms with van der Waals surface area (Å²) < 4.78 is 0. The SMILES string of the molecule is Cc1ccccc1NC(=O)C12ON=C(c3cccnc3)C1C1CCC2C1. The van der Waals surface area contributed by atoms with Crippen molar-refractivity contribution in [2.24, 2.45) is 22.9 Å². The first-order valence-electron chi connectivity index (χ1n) is 9.23. The van der Waals surface area contributed by atoms with E-state index < -0.39 is 5.60 Å². The second kappa shape index (κ2) is 5.66. The summed E-state index contributed by atoms with van der Waals surface area (Å²) in [5.74, 6) is 0.615. The van der Waals surface area contributed by atoms with E-state index in [1.807, 2.05) is 49.5 Å². The van der Waals surface area contributed by atoms with E-state index in [-0.39, 0.29) is 17.7 Å². The molecule has 5 heteroatoms. The number of nitrogens with one attached hydrogen (secondary N) is 1. The van der Waals surface area contributed by atoms with Gasteiger partial charge in [-0.1, -0.05) is 23.4 Å². The molecule has 4 atom stereocenters. The van der Waals surface area contributed by atoms with Crippen molar-refractivity contribution in [3.63, 3.8) is 0 Å². The molecular weight excluding hydrogens is 326 g/mol. The van der Waals surface area contributed by atoms with Gasteiger partial charge in [-0.3, -0.25) is 9.78 Å². The highest BCUT2D eigenvalue weighted by Crippen LogP contribution is 2.60. The topological polar surface area (TPSA) is 63.6 Å². The molecule has 5 rings (SSSR count). The highest BCUT2D eigenvalue weighted by Gasteiger charge is 2.69. The highest BCUT2D eigenvalue weighted by atomic mass is 16.7. The summed E-state index contributed by atoms with van der Waals surface area (Å²) in [5, 5.41) is 7.52. The smallest absolute Gasteiger partial charge is 0.272 e. The zero-order valence-electron chi connectivity index (χ0n) is 14.7. The van der Waals surface area contributed by atoms with Gasteiger partial charge in [0.2, 0.25) is 5.60 Å². The molecule has 1 aliphatic heterocycles. The molecule has 132 valence electrons. The molecule has 0 radical (unpaired) electrons. The van der Waals surface area contributed by atoms with Crippen LogP contribution >= 0.6 is 0 Å². The van der Waals surface area contributed by atoms with Gasteiger partial charge >= 0.3 is 0 Å². The minimum atomic E-state index is -0.879. The van der Waals surface area contributed by atoms with Crippen molar-refractivity contribution in [1.29, 1.82) is 0 Å². The van der Waals surface area contributed by atoms with Gasteiger partial charge < -0.3 is 10.2 Å². The average molecular weight is 347 g/mol. The lowest BCUT2D eigenvalue weighted by Crippen LogP contribution is -2.53. The molecule has 1 aromatic heterocycles. The minimum Gasteiger partial charge on any atom is -0.378 e. The lowest BCUT2D eigenvalue weighted by Gasteiger charge is -2.35. The number of rotatable bonds is 3. The summed E-state index contributed by atoms with van der Waals surface area (Å²) in [4.78, 5) is 23.6. The van der Waals surface area contributed by atoms with Gasteiger partial charge in [0, 0.05) is 29.6 Å². The molecule has 26 heavy (non-hydrogen) atoms. The third-order valence-corrected chi connectivity index (χ3v) is 6.31. The standard InChI is InChI=1S/C21H21N3O2/c1-13-5-2-3-7-17(13)23-20(25)21-16-9-8-14(11-16)18(21)19(24-26-21)15-6-4-10-22-12-15/h2-7,10,12,14,16,18H,8-9,11H2,1H3,(H,23,25). The molecule has 3 aliphatic rings. The zero-order chi connectivity index (χ0) is 17.7. The third-order valence-electron chi connectivity index (χ3n) is 6.31. The fraction of sp³-hybridized carbons (Fsp3) is 0.381. The van der Waals surface area contributed by atoms with Gasteiger partial charge in [0.05, 0.1) is 11.6 Å². The second-order valence-electron chi connectivity index (χ2n) is 7.62. The van der Waals surface area contributed by atoms with Crippen LogP contribution < -0.4 is 5.32 Å². The molecule has 2 heterocycles. The number of hydrogen-bond acceptors (Lipinski definition) is 4. The van der Waals surface area contributed by atoms with Gasteiger partial charge in [0.25, 0.3) is 5.91 Å². The lowest BCUT2D eigenvalue weighted by atomic mass is 9.71. The monoisotopic (exact) mass is 347 g/mol. The maximum Gasteiger partial charge on any atom is 0.272 e. The van der Waals surface area contributed by atoms with Crippen molar-refractivity contribution >= 4 is 17.3 Å². The summed E-state index contributed by atoms with van der Waals surface area (Å²) in [5.41, 5.74) is 2.84. The number of pyridine rings is 1. The van der Waals surface area contributed by atoms with E-state index in [1.165, 1.54) is 0 Å². The van der Waals surface area contributed by atoms with Gasteiger partial charge in [0.15, 0.2) is 0 Å². The first-order valence-corrected chi connectivity index (χ1v) is 9.23. The number of amides is 1. The first kappa shape index (κ1) is 15.6. The number of fused-ring (bicyclic) bond motifs is 5. The van der Waals surface area contributed by atoms with E-state index >= 15 is 0 Å². The van der Waals surface area contributed by atoms with Crippen LogP contribution in [0.5, 0.6) is 0 Å². The van der Waals surface area contributed by atoms with Gasteiger partial charge in [-0.15, -0.1) is 0 Å². The number of aromatic nitrogens is 1. The number of para-hydroxylation sites is 1. The summed E-state index contributed by atoms with van der Waals surface area (Å²) in [6, 6.07) is 11.7. The number of benzene rings is 1. The summed E-state index contributed by atoms with van der Waals surface area (Å²) in [6.45, 7) is 2.00. The van der Waals surface area contributed by atoms with Crippen LogP contribution in [0.1, 0.15) is 30.4 Å². The molecule has 2 aliphatic carbocycles. The molecule has 1 amide bonds. The quantitative estimate of drug-likeness (QED) is 0.923. The number of aryl methyl sites for hydroxylation is 1. The molecule has 2 fully saturated rings. The Morgan fingerprint density at radius 2 is 2.12 bits per heavy atom.